The van der Waals surface area contributed by atoms with E-state index in [0.29, 0.717) is 16.6 Å². The maximum absolute atomic E-state index is 12.3. The molecule has 4 rings (SSSR count). The Morgan fingerprint density at radius 1 is 0.900 bits per heavy atom. The smallest absolute Gasteiger partial charge is 0.279 e. The fourth-order valence-electron chi connectivity index (χ4n) is 3.13. The molecule has 7 nitrogen and oxygen atoms in total. The molecule has 0 aliphatic carbocycles. The zero-order chi connectivity index (χ0) is 19.5. The number of rotatable bonds is 4. The molecule has 3 heterocycles. The molecule has 0 saturated carbocycles. The number of halogens is 2. The Labute approximate surface area is 184 Å². The molecule has 0 aliphatic rings. The van der Waals surface area contributed by atoms with Crippen LogP contribution in [0.15, 0.2) is 67.3 Å². The number of nitrogens with zero attached hydrogens (tertiary/aromatic N) is 3. The Bertz CT molecular complexity index is 1160. The van der Waals surface area contributed by atoms with Gasteiger partial charge in [-0.15, -0.1) is 24.8 Å². The maximum atomic E-state index is 12.3. The van der Waals surface area contributed by atoms with Crippen LogP contribution in [0.4, 0.5) is 0 Å². The van der Waals surface area contributed by atoms with E-state index in [9.17, 15) is 10.0 Å². The van der Waals surface area contributed by atoms with Crippen molar-refractivity contribution < 1.29 is 14.7 Å². The van der Waals surface area contributed by atoms with E-state index in [0.717, 1.165) is 16.7 Å². The predicted molar refractivity (Wildman–Crippen MR) is 119 cm³/mol. The lowest BCUT2D eigenvalue weighted by atomic mass is 10.0. The summed E-state index contributed by atoms with van der Waals surface area (Å²) < 4.78 is 5.51. The number of benzene rings is 1. The molecule has 1 amide bonds. The number of hydrogen-bond acceptors (Lipinski definition) is 6. The van der Waals surface area contributed by atoms with Crippen LogP contribution in [0, 0.1) is 0 Å². The van der Waals surface area contributed by atoms with Gasteiger partial charge >= 0.3 is 0 Å². The minimum absolute atomic E-state index is 0. The summed E-state index contributed by atoms with van der Waals surface area (Å²) in [5.74, 6) is -0.421. The van der Waals surface area contributed by atoms with Gasteiger partial charge in [-0.3, -0.25) is 20.0 Å². The van der Waals surface area contributed by atoms with Gasteiger partial charge in [0.1, 0.15) is 5.69 Å². The van der Waals surface area contributed by atoms with Crippen molar-refractivity contribution >= 4 is 41.6 Å². The molecule has 0 saturated heterocycles. The summed E-state index contributed by atoms with van der Waals surface area (Å²) in [6.45, 7) is 0. The number of aromatic nitrogens is 3. The molecule has 154 valence electrons. The molecule has 0 fully saturated rings. The number of ether oxygens (including phenoxy) is 1. The minimum atomic E-state index is -0.688. The number of methoxy groups -OCH3 is 1. The van der Waals surface area contributed by atoms with Gasteiger partial charge in [-0.1, -0.05) is 24.3 Å². The highest BCUT2D eigenvalue weighted by molar-refractivity contribution is 6.09. The van der Waals surface area contributed by atoms with Gasteiger partial charge < -0.3 is 4.74 Å². The lowest BCUT2D eigenvalue weighted by Gasteiger charge is -2.15. The van der Waals surface area contributed by atoms with E-state index in [-0.39, 0.29) is 36.1 Å². The van der Waals surface area contributed by atoms with Crippen molar-refractivity contribution in [1.82, 2.24) is 20.4 Å². The van der Waals surface area contributed by atoms with Crippen LogP contribution in [-0.4, -0.2) is 33.2 Å². The van der Waals surface area contributed by atoms with Gasteiger partial charge in [0, 0.05) is 35.7 Å². The topological polar surface area (TPSA) is 97.2 Å². The molecule has 30 heavy (non-hydrogen) atoms. The summed E-state index contributed by atoms with van der Waals surface area (Å²) >= 11 is 0. The predicted octanol–water partition coefficient (Wildman–Crippen LogP) is 4.33. The molecular weight excluding hydrogens is 427 g/mol. The molecular formula is C21H18Cl2N4O3. The van der Waals surface area contributed by atoms with E-state index >= 15 is 0 Å². The molecule has 0 atom stereocenters. The molecule has 0 spiro atoms. The van der Waals surface area contributed by atoms with E-state index in [4.69, 9.17) is 4.74 Å². The van der Waals surface area contributed by atoms with Crippen molar-refractivity contribution in [2.45, 2.75) is 0 Å². The van der Waals surface area contributed by atoms with Gasteiger partial charge in [-0.25, -0.2) is 10.5 Å². The molecule has 4 aromatic rings. The molecule has 3 aromatic heterocycles. The van der Waals surface area contributed by atoms with Crippen LogP contribution in [0.5, 0.6) is 5.75 Å². The van der Waals surface area contributed by atoms with Crippen molar-refractivity contribution in [3.8, 4) is 28.1 Å². The van der Waals surface area contributed by atoms with Gasteiger partial charge in [-0.2, -0.15) is 0 Å². The number of hydroxylamine groups is 1. The van der Waals surface area contributed by atoms with E-state index in [2.05, 4.69) is 15.0 Å². The van der Waals surface area contributed by atoms with E-state index in [1.54, 1.807) is 30.1 Å². The average Bonchev–Trinajstić information content (AvgIpc) is 2.78. The third-order valence-electron chi connectivity index (χ3n) is 4.45. The van der Waals surface area contributed by atoms with Crippen LogP contribution < -0.4 is 10.2 Å². The zero-order valence-electron chi connectivity index (χ0n) is 15.8. The maximum Gasteiger partial charge on any atom is 0.279 e. The van der Waals surface area contributed by atoms with Crippen molar-refractivity contribution in [1.29, 1.82) is 0 Å². The number of fused-ring (bicyclic) bond motifs is 1. The van der Waals surface area contributed by atoms with Gasteiger partial charge in [0.05, 0.1) is 18.2 Å². The fraction of sp³-hybridized carbons (Fsp3) is 0.0476. The number of nitrogens with one attached hydrogen (secondary N) is 1. The Kier molecular flexibility index (Phi) is 7.66. The standard InChI is InChI=1S/C21H16N4O3.2ClH/c1-28-20-18(21(26)25-27)16-12-23-11-8-17(16)24-19(20)15-4-2-13(3-5-15)14-6-9-22-10-7-14;;/h2-12,27H,1H3,(H,25,26);2*1H. The van der Waals surface area contributed by atoms with Crippen molar-refractivity contribution in [2.24, 2.45) is 0 Å². The summed E-state index contributed by atoms with van der Waals surface area (Å²) in [7, 11) is 1.46. The quantitative estimate of drug-likeness (QED) is 0.359. The highest BCUT2D eigenvalue weighted by Crippen LogP contribution is 2.36. The Hall–Kier alpha value is -3.26. The number of hydrogen-bond donors (Lipinski definition) is 2. The van der Waals surface area contributed by atoms with Crippen molar-refractivity contribution in [2.75, 3.05) is 7.11 Å². The molecule has 0 unspecified atom stereocenters. The number of amides is 1. The first-order valence-corrected chi connectivity index (χ1v) is 8.50. The summed E-state index contributed by atoms with van der Waals surface area (Å²) in [5.41, 5.74) is 5.78. The molecule has 0 bridgehead atoms. The van der Waals surface area contributed by atoms with Gasteiger partial charge in [0.25, 0.3) is 5.91 Å². The van der Waals surface area contributed by atoms with E-state index in [1.807, 2.05) is 36.4 Å². The summed E-state index contributed by atoms with van der Waals surface area (Å²) in [5, 5.41) is 9.68. The van der Waals surface area contributed by atoms with Gasteiger partial charge in [-0.05, 0) is 29.3 Å². The zero-order valence-corrected chi connectivity index (χ0v) is 17.4. The van der Waals surface area contributed by atoms with Crippen molar-refractivity contribution in [3.05, 3.63) is 72.8 Å². The van der Waals surface area contributed by atoms with E-state index < -0.39 is 5.91 Å². The Morgan fingerprint density at radius 3 is 2.13 bits per heavy atom. The van der Waals surface area contributed by atoms with Crippen LogP contribution in [-0.2, 0) is 0 Å². The lowest BCUT2D eigenvalue weighted by molar-refractivity contribution is 0.0705. The molecule has 2 N–H and O–H groups in total. The summed E-state index contributed by atoms with van der Waals surface area (Å²) in [4.78, 5) is 25.1. The first-order chi connectivity index (χ1) is 13.7. The normalized spacial score (nSPS) is 9.93. The lowest BCUT2D eigenvalue weighted by Crippen LogP contribution is -2.20. The second-order valence-electron chi connectivity index (χ2n) is 6.02. The number of carbonyl (C=O) groups excluding carboxylic acids is 1. The van der Waals surface area contributed by atoms with Crippen LogP contribution in [0.2, 0.25) is 0 Å². The molecule has 1 aromatic carbocycles. The highest BCUT2D eigenvalue weighted by atomic mass is 35.5. The first-order valence-electron chi connectivity index (χ1n) is 8.50. The third kappa shape index (κ3) is 4.18. The van der Waals surface area contributed by atoms with Gasteiger partial charge in [0.2, 0.25) is 0 Å². The largest absolute Gasteiger partial charge is 0.494 e. The van der Waals surface area contributed by atoms with Crippen LogP contribution in [0.3, 0.4) is 0 Å². The molecule has 9 heteroatoms. The second-order valence-corrected chi connectivity index (χ2v) is 6.02. The minimum Gasteiger partial charge on any atom is -0.494 e. The number of pyridine rings is 3. The fourth-order valence-corrected chi connectivity index (χ4v) is 3.13. The second kappa shape index (κ2) is 9.98. The monoisotopic (exact) mass is 444 g/mol. The average molecular weight is 445 g/mol. The van der Waals surface area contributed by atoms with Crippen LogP contribution in [0.1, 0.15) is 10.4 Å². The summed E-state index contributed by atoms with van der Waals surface area (Å²) in [6, 6.07) is 13.3. The van der Waals surface area contributed by atoms with Crippen LogP contribution >= 0.6 is 24.8 Å². The molecule has 0 radical (unpaired) electrons. The first kappa shape index (κ1) is 23.0. The SMILES string of the molecule is COc1c(-c2ccc(-c3ccncc3)cc2)nc2ccncc2c1C(=O)NO.Cl.Cl. The number of carbonyl (C=O) groups is 1. The Balaban J connectivity index is 0.00000160. The van der Waals surface area contributed by atoms with E-state index in [1.165, 1.54) is 13.3 Å². The Morgan fingerprint density at radius 2 is 1.50 bits per heavy atom. The van der Waals surface area contributed by atoms with Crippen LogP contribution in [0.25, 0.3) is 33.3 Å². The summed E-state index contributed by atoms with van der Waals surface area (Å²) in [6.07, 6.45) is 6.60. The van der Waals surface area contributed by atoms with Crippen molar-refractivity contribution in [3.63, 3.8) is 0 Å². The molecule has 0 aliphatic heterocycles. The highest BCUT2D eigenvalue weighted by Gasteiger charge is 2.22. The van der Waals surface area contributed by atoms with Gasteiger partial charge in [0.15, 0.2) is 5.75 Å². The third-order valence-corrected chi connectivity index (χ3v) is 4.45.